The van der Waals surface area contributed by atoms with Crippen molar-refractivity contribution in [3.63, 3.8) is 0 Å². The maximum Gasteiger partial charge on any atom is 0.416 e. The van der Waals surface area contributed by atoms with Crippen LogP contribution in [-0.4, -0.2) is 12.6 Å². The highest BCUT2D eigenvalue weighted by Gasteiger charge is 2.51. The van der Waals surface area contributed by atoms with E-state index in [1.54, 1.807) is 42.5 Å². The summed E-state index contributed by atoms with van der Waals surface area (Å²) in [5, 5.41) is 0. The van der Waals surface area contributed by atoms with Gasteiger partial charge in [-0.15, -0.1) is 0 Å². The van der Waals surface area contributed by atoms with Gasteiger partial charge in [-0.05, 0) is 41.8 Å². The van der Waals surface area contributed by atoms with Gasteiger partial charge in [0, 0.05) is 6.42 Å². The highest BCUT2D eigenvalue weighted by molar-refractivity contribution is 5.85. The smallest absolute Gasteiger partial charge is 0.416 e. The molecule has 3 atom stereocenters. The van der Waals surface area contributed by atoms with E-state index in [-0.39, 0.29) is 24.7 Å². The Morgan fingerprint density at radius 1 is 0.889 bits per heavy atom. The first kappa shape index (κ1) is 25.8. The molecule has 1 saturated heterocycles. The molecule has 1 aliphatic rings. The fourth-order valence-corrected chi connectivity index (χ4v) is 4.31. The van der Waals surface area contributed by atoms with Crippen molar-refractivity contribution >= 4 is 5.97 Å². The number of carbonyl (C=O) groups excluding carboxylic acids is 1. The van der Waals surface area contributed by atoms with Gasteiger partial charge in [0.15, 0.2) is 0 Å². The third kappa shape index (κ3) is 5.26. The molecule has 0 N–H and O–H groups in total. The number of hydrogen-bond donors (Lipinski definition) is 0. The maximum absolute atomic E-state index is 13.3. The SMILES string of the molecule is C[C@@H](OC[C@]1(c2ccccc2)C[C@@H](c2ccccc2)OC1=O)c1cc(C(F)(F)F)cc(C(F)(F)F)c1. The number of ether oxygens (including phenoxy) is 2. The van der Waals surface area contributed by atoms with Crippen molar-refractivity contribution in [3.05, 3.63) is 107 Å². The quantitative estimate of drug-likeness (QED) is 0.257. The molecule has 0 aromatic heterocycles. The standard InChI is InChI=1S/C27H22F6O3/c1-17(19-12-21(26(28,29)30)14-22(13-19)27(31,32)33)35-16-25(20-10-6-3-7-11-20)15-23(36-24(25)34)18-8-4-2-5-9-18/h2-14,17,23H,15-16H2,1H3/t17-,23+,25+/m1/s1. The van der Waals surface area contributed by atoms with E-state index in [4.69, 9.17) is 9.47 Å². The van der Waals surface area contributed by atoms with Crippen molar-refractivity contribution in [2.45, 2.75) is 43.3 Å². The van der Waals surface area contributed by atoms with Gasteiger partial charge < -0.3 is 9.47 Å². The molecule has 0 radical (unpaired) electrons. The van der Waals surface area contributed by atoms with E-state index in [0.717, 1.165) is 5.56 Å². The largest absolute Gasteiger partial charge is 0.457 e. The number of halogens is 6. The van der Waals surface area contributed by atoms with Crippen molar-refractivity contribution in [3.8, 4) is 0 Å². The monoisotopic (exact) mass is 508 g/mol. The van der Waals surface area contributed by atoms with Crippen molar-refractivity contribution < 1.29 is 40.6 Å². The van der Waals surface area contributed by atoms with Crippen molar-refractivity contribution in [1.29, 1.82) is 0 Å². The Bertz CT molecular complexity index is 1180. The van der Waals surface area contributed by atoms with Gasteiger partial charge in [0.25, 0.3) is 0 Å². The van der Waals surface area contributed by atoms with Crippen LogP contribution in [0.1, 0.15) is 53.4 Å². The van der Waals surface area contributed by atoms with E-state index in [1.807, 2.05) is 18.2 Å². The molecule has 0 amide bonds. The summed E-state index contributed by atoms with van der Waals surface area (Å²) in [6.07, 6.45) is -11.5. The molecule has 3 nitrogen and oxygen atoms in total. The van der Waals surface area contributed by atoms with Crippen LogP contribution in [0.25, 0.3) is 0 Å². The lowest BCUT2D eigenvalue weighted by atomic mass is 9.77. The first-order valence-electron chi connectivity index (χ1n) is 11.1. The van der Waals surface area contributed by atoms with Gasteiger partial charge in [-0.2, -0.15) is 26.3 Å². The molecule has 190 valence electrons. The lowest BCUT2D eigenvalue weighted by molar-refractivity contribution is -0.148. The Kier molecular flexibility index (Phi) is 6.88. The highest BCUT2D eigenvalue weighted by atomic mass is 19.4. The van der Waals surface area contributed by atoms with E-state index in [2.05, 4.69) is 0 Å². The zero-order valence-corrected chi connectivity index (χ0v) is 19.1. The Balaban J connectivity index is 1.65. The van der Waals surface area contributed by atoms with Crippen LogP contribution in [0.15, 0.2) is 78.9 Å². The normalized spacial score (nSPS) is 21.3. The van der Waals surface area contributed by atoms with Gasteiger partial charge in [-0.1, -0.05) is 60.7 Å². The molecule has 1 heterocycles. The topological polar surface area (TPSA) is 35.5 Å². The third-order valence-corrected chi connectivity index (χ3v) is 6.33. The van der Waals surface area contributed by atoms with E-state index in [0.29, 0.717) is 17.7 Å². The van der Waals surface area contributed by atoms with E-state index in [1.165, 1.54) is 6.92 Å². The van der Waals surface area contributed by atoms with Crippen molar-refractivity contribution in [2.24, 2.45) is 0 Å². The minimum absolute atomic E-state index is 0.0699. The molecular formula is C27H22F6O3. The average Bonchev–Trinajstić information content (AvgIpc) is 3.19. The molecule has 0 bridgehead atoms. The number of carbonyl (C=O) groups is 1. The Hall–Kier alpha value is -3.33. The molecule has 0 aliphatic carbocycles. The van der Waals surface area contributed by atoms with E-state index >= 15 is 0 Å². The average molecular weight is 508 g/mol. The lowest BCUT2D eigenvalue weighted by Crippen LogP contribution is -2.37. The summed E-state index contributed by atoms with van der Waals surface area (Å²) >= 11 is 0. The number of benzene rings is 3. The molecular weight excluding hydrogens is 486 g/mol. The summed E-state index contributed by atoms with van der Waals surface area (Å²) in [6.45, 7) is 1.06. The summed E-state index contributed by atoms with van der Waals surface area (Å²) in [7, 11) is 0. The molecule has 9 heteroatoms. The second-order valence-electron chi connectivity index (χ2n) is 8.75. The fraction of sp³-hybridized carbons (Fsp3) is 0.296. The minimum atomic E-state index is -4.97. The zero-order valence-electron chi connectivity index (χ0n) is 19.1. The first-order chi connectivity index (χ1) is 16.9. The molecule has 1 aliphatic heterocycles. The molecule has 36 heavy (non-hydrogen) atoms. The van der Waals surface area contributed by atoms with E-state index < -0.39 is 47.1 Å². The number of hydrogen-bond acceptors (Lipinski definition) is 3. The van der Waals surface area contributed by atoms with Gasteiger partial charge in [0.1, 0.15) is 11.5 Å². The summed E-state index contributed by atoms with van der Waals surface area (Å²) in [5.41, 5.74) is -3.09. The van der Waals surface area contributed by atoms with E-state index in [9.17, 15) is 31.1 Å². The summed E-state index contributed by atoms with van der Waals surface area (Å²) in [5.74, 6) is -0.574. The van der Waals surface area contributed by atoms with Crippen LogP contribution in [0.5, 0.6) is 0 Å². The first-order valence-corrected chi connectivity index (χ1v) is 11.1. The van der Waals surface area contributed by atoms with Crippen LogP contribution in [0.3, 0.4) is 0 Å². The number of cyclic esters (lactones) is 1. The second kappa shape index (κ2) is 9.61. The fourth-order valence-electron chi connectivity index (χ4n) is 4.31. The van der Waals surface area contributed by atoms with Crippen molar-refractivity contribution in [1.82, 2.24) is 0 Å². The zero-order chi connectivity index (χ0) is 26.1. The third-order valence-electron chi connectivity index (χ3n) is 6.33. The molecule has 0 unspecified atom stereocenters. The van der Waals surface area contributed by atoms with Gasteiger partial charge >= 0.3 is 18.3 Å². The molecule has 0 spiro atoms. The van der Waals surface area contributed by atoms with Crippen LogP contribution in [0.4, 0.5) is 26.3 Å². The van der Waals surface area contributed by atoms with Crippen LogP contribution in [-0.2, 0) is 32.0 Å². The van der Waals surface area contributed by atoms with Gasteiger partial charge in [-0.25, -0.2) is 0 Å². The number of alkyl halides is 6. The van der Waals surface area contributed by atoms with Crippen LogP contribution >= 0.6 is 0 Å². The van der Waals surface area contributed by atoms with Gasteiger partial charge in [-0.3, -0.25) is 4.79 Å². The van der Waals surface area contributed by atoms with Crippen LogP contribution in [0.2, 0.25) is 0 Å². The molecule has 0 saturated carbocycles. The van der Waals surface area contributed by atoms with Crippen LogP contribution in [0, 0.1) is 0 Å². The summed E-state index contributed by atoms with van der Waals surface area (Å²) in [4.78, 5) is 13.2. The molecule has 3 aromatic rings. The van der Waals surface area contributed by atoms with Crippen LogP contribution < -0.4 is 0 Å². The predicted octanol–water partition coefficient (Wildman–Crippen LogP) is 7.43. The van der Waals surface area contributed by atoms with Gasteiger partial charge in [0.2, 0.25) is 0 Å². The summed E-state index contributed by atoms with van der Waals surface area (Å²) < 4.78 is 91.3. The predicted molar refractivity (Wildman–Crippen MR) is 119 cm³/mol. The lowest BCUT2D eigenvalue weighted by Gasteiger charge is -2.28. The maximum atomic E-state index is 13.3. The summed E-state index contributed by atoms with van der Waals surface area (Å²) in [6, 6.07) is 19.0. The molecule has 3 aromatic carbocycles. The minimum Gasteiger partial charge on any atom is -0.457 e. The number of esters is 1. The highest BCUT2D eigenvalue weighted by Crippen LogP contribution is 2.45. The second-order valence-corrected chi connectivity index (χ2v) is 8.75. The molecule has 4 rings (SSSR count). The number of rotatable bonds is 6. The Morgan fingerprint density at radius 3 is 1.94 bits per heavy atom. The molecule has 1 fully saturated rings. The Labute approximate surface area is 203 Å². The van der Waals surface area contributed by atoms with Crippen molar-refractivity contribution in [2.75, 3.05) is 6.61 Å². The Morgan fingerprint density at radius 2 is 1.42 bits per heavy atom. The van der Waals surface area contributed by atoms with Gasteiger partial charge in [0.05, 0.1) is 23.8 Å².